The lowest BCUT2D eigenvalue weighted by Crippen LogP contribution is -1.96. The quantitative estimate of drug-likeness (QED) is 0.0189. The number of hydrogen-bond donors (Lipinski definition) is 5. The van der Waals surface area contributed by atoms with E-state index in [9.17, 15) is 30.5 Å². The lowest BCUT2D eigenvalue weighted by atomic mass is 7.79. The SMILES string of the molecule is C/C(N)=C\C#N.Cc1nc(-c2ccc(O)c(O)c2)cc(-c2ccc(O)c(O)c2)c1C.Cc1nc(-c2ccc3c(c2)OCO3)cc(-c2ccc3c(c2)OCO3)c1C#N.O=C(/C=C/c1ccc2[o+]coc2c1)c1ccc2c(c1)OCO2.[2H][CH-][8B]. The van der Waals surface area contributed by atoms with Crippen molar-refractivity contribution in [3.8, 4) is 114 Å². The zero-order chi connectivity index (χ0) is 58.5. The van der Waals surface area contributed by atoms with E-state index >= 15 is 0 Å². The van der Waals surface area contributed by atoms with Gasteiger partial charge in [-0.25, -0.2) is 1.37 Å². The largest absolute Gasteiger partial charge is 0.504 e. The van der Waals surface area contributed by atoms with E-state index in [4.69, 9.17) is 49.6 Å². The van der Waals surface area contributed by atoms with E-state index in [0.29, 0.717) is 73.7 Å². The monoisotopic (exact) mass is 1080 g/mol. The molecule has 12 rings (SSSR count). The maximum atomic E-state index is 12.2. The smallest absolute Gasteiger partial charge is 0.485 e. The number of carbonyl (C=O) groups is 1. The number of phenolic OH excluding ortho intramolecular Hbond substituents is 4. The van der Waals surface area contributed by atoms with Crippen molar-refractivity contribution < 1.29 is 63.8 Å². The molecule has 0 aliphatic carbocycles. The van der Waals surface area contributed by atoms with Gasteiger partial charge in [0.15, 0.2) is 63.3 Å². The van der Waals surface area contributed by atoms with Gasteiger partial charge in [0, 0.05) is 51.9 Å². The number of nitrogens with two attached hydrogens (primary N) is 1. The molecule has 81 heavy (non-hydrogen) atoms. The van der Waals surface area contributed by atoms with Gasteiger partial charge in [-0.3, -0.25) is 23.6 Å². The highest BCUT2D eigenvalue weighted by Gasteiger charge is 2.21. The average molecular weight is 1080 g/mol. The summed E-state index contributed by atoms with van der Waals surface area (Å²) in [6.45, 7) is 9.97. The van der Waals surface area contributed by atoms with Gasteiger partial charge in [0.25, 0.3) is 0 Å². The average Bonchev–Trinajstić information content (AvgIpc) is 4.40. The Morgan fingerprint density at radius 3 is 1.75 bits per heavy atom. The standard InChI is InChI=1S/C21H14N2O4.C19H17NO4.C17H11O5.C4H6N2.CH2B/c1-12-16(9-22)15(13-2-4-18-20(6-13)26-10-24-18)8-17(23-12)14-3-5-19-21(7-14)27-11-25-19;1-10-11(2)20-15(13-4-6-17(22)19(24)8-13)9-14(10)12-3-5-16(21)18(23)7-12;18-13(12-3-6-15-17(8-12)22-10-20-15)4-1-11-2-5-14-16(7-11)21-9-19-14;1-4(6)2-3-5;1-2/h2-8H,10-11H2,1H3;3-9,21-24H,1-2H3;1-9H,10H2;2H,6H2,1H3;1H2/q;;+1;;-1/b;;4-1+;4-2+;/i;;;;1D,2-3. The molecule has 3 aliphatic heterocycles. The van der Waals surface area contributed by atoms with Gasteiger partial charge >= 0.3 is 17.6 Å². The van der Waals surface area contributed by atoms with Gasteiger partial charge < -0.3 is 61.4 Å². The second-order valence-electron chi connectivity index (χ2n) is 17.8. The lowest BCUT2D eigenvalue weighted by molar-refractivity contribution is 0.104. The number of nitriles is 2. The highest BCUT2D eigenvalue weighted by atomic mass is 16.7. The number of carbonyl (C=O) groups excluding carboxylic acids is 1. The molecule has 3 aliphatic rings. The van der Waals surface area contributed by atoms with E-state index in [1.165, 1.54) is 42.9 Å². The molecule has 0 amide bonds. The van der Waals surface area contributed by atoms with Gasteiger partial charge in [0.1, 0.15) is 6.07 Å². The van der Waals surface area contributed by atoms with Crippen LogP contribution in [0.1, 0.15) is 46.7 Å². The van der Waals surface area contributed by atoms with Gasteiger partial charge in [-0.15, -0.1) is 0 Å². The summed E-state index contributed by atoms with van der Waals surface area (Å²) in [6.07, 6.45) is 4.54. The third kappa shape index (κ3) is 13.3. The number of allylic oxidation sites excluding steroid dienone is 3. The van der Waals surface area contributed by atoms with Gasteiger partial charge in [-0.05, 0) is 159 Å². The fourth-order valence-corrected chi connectivity index (χ4v) is 8.23. The molecule has 18 nitrogen and oxygen atoms in total. The van der Waals surface area contributed by atoms with Crippen LogP contribution in [0.15, 0.2) is 154 Å². The molecular formula is C62H50BN5O13. The third-order valence-electron chi connectivity index (χ3n) is 12.4. The number of nitrogens with zero attached hydrogens (tertiary/aromatic N) is 4. The summed E-state index contributed by atoms with van der Waals surface area (Å²) < 4.78 is 48.4. The molecule has 404 valence electrons. The minimum atomic E-state index is -0.212. The fourth-order valence-electron chi connectivity index (χ4n) is 8.23. The van der Waals surface area contributed by atoms with Gasteiger partial charge in [0.05, 0.1) is 28.7 Å². The van der Waals surface area contributed by atoms with Gasteiger partial charge in [-0.2, -0.15) is 18.4 Å². The summed E-state index contributed by atoms with van der Waals surface area (Å²) in [5.74, 6) is 3.18. The number of rotatable bonds is 7. The second kappa shape index (κ2) is 25.5. The first kappa shape index (κ1) is 54.9. The molecule has 19 heteroatoms. The molecule has 9 aromatic rings. The summed E-state index contributed by atoms with van der Waals surface area (Å²) in [4.78, 5) is 21.4. The summed E-state index contributed by atoms with van der Waals surface area (Å²) in [5.41, 5.74) is 17.5. The Labute approximate surface area is 467 Å². The molecule has 0 saturated heterocycles. The molecule has 6 aromatic carbocycles. The molecule has 6 N–H and O–H groups in total. The van der Waals surface area contributed by atoms with E-state index in [1.54, 1.807) is 55.5 Å². The van der Waals surface area contributed by atoms with Crippen molar-refractivity contribution in [3.63, 3.8) is 0 Å². The Balaban J connectivity index is 0.000000150. The Bertz CT molecular complexity index is 4000. The van der Waals surface area contributed by atoms with Crippen LogP contribution in [0.3, 0.4) is 0 Å². The summed E-state index contributed by atoms with van der Waals surface area (Å²) in [7, 11) is 4.39. The first-order valence-corrected chi connectivity index (χ1v) is 24.5. The summed E-state index contributed by atoms with van der Waals surface area (Å²) in [6, 6.07) is 39.0. The Morgan fingerprint density at radius 2 is 1.16 bits per heavy atom. The van der Waals surface area contributed by atoms with Crippen molar-refractivity contribution in [2.24, 2.45) is 5.73 Å². The molecule has 0 atom stereocenters. The predicted molar refractivity (Wildman–Crippen MR) is 302 cm³/mol. The van der Waals surface area contributed by atoms with Crippen LogP contribution in [0.4, 0.5) is 0 Å². The molecule has 6 heterocycles. The fraction of sp³-hybridized carbons (Fsp3) is 0.113. The van der Waals surface area contributed by atoms with Crippen molar-refractivity contribution in [1.82, 2.24) is 9.97 Å². The highest BCUT2D eigenvalue weighted by Crippen LogP contribution is 2.41. The first-order valence-electron chi connectivity index (χ1n) is 25.0. The van der Waals surface area contributed by atoms with Gasteiger partial charge in [-0.1, -0.05) is 18.2 Å². The molecule has 0 bridgehead atoms. The van der Waals surface area contributed by atoms with Crippen LogP contribution in [0.5, 0.6) is 57.5 Å². The van der Waals surface area contributed by atoms with E-state index in [-0.39, 0.29) is 49.2 Å². The lowest BCUT2D eigenvalue weighted by Gasteiger charge is -2.13. The van der Waals surface area contributed by atoms with Crippen molar-refractivity contribution in [2.75, 3.05) is 20.4 Å². The van der Waals surface area contributed by atoms with Crippen LogP contribution >= 0.6 is 0 Å². The number of aromatic nitrogens is 2. The van der Waals surface area contributed by atoms with Crippen LogP contribution in [0.2, 0.25) is 0 Å². The number of fused-ring (bicyclic) bond motifs is 4. The van der Waals surface area contributed by atoms with Crippen molar-refractivity contribution in [3.05, 3.63) is 186 Å². The van der Waals surface area contributed by atoms with Crippen LogP contribution in [-0.4, -0.2) is 64.4 Å². The first-order chi connectivity index (χ1) is 39.6. The number of aryl methyl sites for hydroxylation is 2. The zero-order valence-corrected chi connectivity index (χ0v) is 44.0. The molecule has 0 unspecified atom stereocenters. The molecular weight excluding hydrogens is 1030 g/mol. The van der Waals surface area contributed by atoms with Crippen LogP contribution in [0.25, 0.3) is 62.0 Å². The molecule has 2 radical (unpaired) electrons. The predicted octanol–water partition coefficient (Wildman–Crippen LogP) is 12.2. The number of pyridine rings is 2. The van der Waals surface area contributed by atoms with Crippen molar-refractivity contribution >= 4 is 30.9 Å². The minimum Gasteiger partial charge on any atom is -0.504 e. The summed E-state index contributed by atoms with van der Waals surface area (Å²) >= 11 is 0. The topological polar surface area (TPSA) is 277 Å². The third-order valence-corrected chi connectivity index (χ3v) is 12.4. The molecule has 3 aromatic heterocycles. The Hall–Kier alpha value is -10.9. The van der Waals surface area contributed by atoms with E-state index < -0.39 is 0 Å². The second-order valence-corrected chi connectivity index (χ2v) is 17.8. The maximum Gasteiger partial charge on any atom is 0.485 e. The van der Waals surface area contributed by atoms with Crippen LogP contribution in [0, 0.1) is 50.2 Å². The van der Waals surface area contributed by atoms with Crippen molar-refractivity contribution in [1.29, 1.82) is 10.5 Å². The number of benzene rings is 6. The normalized spacial score (nSPS) is 12.2. The Kier molecular flexibility index (Phi) is 17.3. The zero-order valence-electron chi connectivity index (χ0n) is 45.0. The number of hydrogen-bond acceptors (Lipinski definition) is 17. The summed E-state index contributed by atoms with van der Waals surface area (Å²) in [5, 5.41) is 55.9. The van der Waals surface area contributed by atoms with E-state index in [1.807, 2.05) is 81.4 Å². The molecule has 0 fully saturated rings. The number of aromatic hydroxyl groups is 4. The number of ether oxygens (including phenoxy) is 6. The maximum absolute atomic E-state index is 12.2. The van der Waals surface area contributed by atoms with Crippen LogP contribution in [-0.2, 0) is 0 Å². The molecule has 0 saturated carbocycles. The van der Waals surface area contributed by atoms with E-state index in [2.05, 4.69) is 23.9 Å². The van der Waals surface area contributed by atoms with E-state index in [0.717, 1.165) is 62.9 Å². The van der Waals surface area contributed by atoms with Crippen molar-refractivity contribution in [2.45, 2.75) is 27.7 Å². The minimum absolute atomic E-state index is 0.109. The highest BCUT2D eigenvalue weighted by molar-refractivity contribution is 6.10. The van der Waals surface area contributed by atoms with Crippen LogP contribution < -0.4 is 34.2 Å². The van der Waals surface area contributed by atoms with Gasteiger partial charge in [0.2, 0.25) is 20.4 Å². The number of ketones is 1. The number of phenols is 4. The Morgan fingerprint density at radius 1 is 0.654 bits per heavy atom. The molecule has 0 spiro atoms.